The molecular formula is C88H98Cl2N8O30. The average Bonchev–Trinajstić information content (AvgIpc) is 0.762. The van der Waals surface area contributed by atoms with Crippen LogP contribution in [0.5, 0.6) is 69.0 Å². The van der Waals surface area contributed by atoms with Crippen molar-refractivity contribution >= 4 is 76.6 Å². The SMILES string of the molecule is CCCCCCCCCCCC(=O)N[C@H]1[C@H](Oc2c3cc4cc2Oc2ccc(cc2Cl)[C@@H](O)[C@@H]2NC(=O)[C@H](NC(=O)[C@@H]4NC(=O)[C@H]4NC(=O)[C@@H](Cc5ccc(cc5)O3)NC(=O)[C@@H](N(C)C(=O)OC(C)(C)C)c3ccc(O)c(c3)Oc3cc(O)c(Cl)c4c3)c3ccc(O)c(c3)-c3c(O[C@H]4O[C@H](CO)[C@@H](O)[C@H](O)[C@@H]4O)cc(O)cc3[C@@H](C(=O)O)NC2=O)O[C@H](CO)[C@@H](O)[C@@H]1O. The zero-order valence-electron chi connectivity index (χ0n) is 69.5. The number of nitrogens with zero attached hydrogens (tertiary/aromatic N) is 1. The van der Waals surface area contributed by atoms with Crippen LogP contribution in [0.15, 0.2) is 115 Å². The molecule has 0 unspecified atom stereocenters. The van der Waals surface area contributed by atoms with Crippen LogP contribution in [-0.4, -0.2) is 224 Å². The molecule has 128 heavy (non-hydrogen) atoms. The van der Waals surface area contributed by atoms with Crippen LogP contribution in [0.25, 0.3) is 11.1 Å². The molecule has 684 valence electrons. The fraction of sp³-hybridized carbons (Fsp3) is 0.420. The number of fused-ring (bicyclic) bond motifs is 14. The highest BCUT2D eigenvalue weighted by molar-refractivity contribution is 6.33. The van der Waals surface area contributed by atoms with Crippen LogP contribution in [-0.2, 0) is 59.0 Å². The largest absolute Gasteiger partial charge is 0.508 e. The van der Waals surface area contributed by atoms with E-state index in [0.717, 1.165) is 129 Å². The van der Waals surface area contributed by atoms with Crippen LogP contribution in [0.4, 0.5) is 4.79 Å². The number of benzene rings is 7. The van der Waals surface area contributed by atoms with Crippen LogP contribution >= 0.6 is 23.2 Å². The summed E-state index contributed by atoms with van der Waals surface area (Å²) in [7, 11) is 1.22. The number of phenolic OH excluding ortho intramolecular Hbond substituents is 4. The number of carboxylic acid groups (broad SMARTS) is 1. The lowest BCUT2D eigenvalue weighted by Crippen LogP contribution is -2.65. The third kappa shape index (κ3) is 20.7. The monoisotopic (exact) mass is 1820 g/mol. The number of likely N-dealkylation sites (N-methyl/N-ethyl adjacent to an activating group) is 1. The number of amides is 8. The first-order valence-corrected chi connectivity index (χ1v) is 42.1. The molecule has 8 amide bonds. The lowest BCUT2D eigenvalue weighted by atomic mass is 9.89. The third-order valence-corrected chi connectivity index (χ3v) is 23.2. The highest BCUT2D eigenvalue weighted by Crippen LogP contribution is 2.51. The van der Waals surface area contributed by atoms with Gasteiger partial charge >= 0.3 is 12.1 Å². The molecule has 0 aromatic heterocycles. The van der Waals surface area contributed by atoms with Gasteiger partial charge < -0.3 is 141 Å². The van der Waals surface area contributed by atoms with Crippen molar-refractivity contribution in [1.29, 1.82) is 0 Å². The number of aromatic hydroxyl groups is 4. The number of carboxylic acids is 1. The second-order valence-corrected chi connectivity index (χ2v) is 33.6. The van der Waals surface area contributed by atoms with Gasteiger partial charge in [-0.05, 0) is 128 Å². The summed E-state index contributed by atoms with van der Waals surface area (Å²) in [4.78, 5) is 139. The molecule has 8 aliphatic heterocycles. The molecular weight excluding hydrogens is 1720 g/mol. The van der Waals surface area contributed by atoms with Gasteiger partial charge in [-0.25, -0.2) is 9.59 Å². The summed E-state index contributed by atoms with van der Waals surface area (Å²) in [6.45, 7) is 4.85. The molecule has 0 spiro atoms. The molecule has 8 aliphatic rings. The zero-order chi connectivity index (χ0) is 92.2. The Kier molecular flexibility index (Phi) is 29.0. The highest BCUT2D eigenvalue weighted by atomic mass is 35.5. The Morgan fingerprint density at radius 1 is 0.531 bits per heavy atom. The molecule has 2 fully saturated rings. The summed E-state index contributed by atoms with van der Waals surface area (Å²) in [5, 5.41) is 166. The maximum absolute atomic E-state index is 16.8. The van der Waals surface area contributed by atoms with E-state index >= 15 is 28.8 Å². The number of ether oxygens (including phenoxy) is 8. The predicted molar refractivity (Wildman–Crippen MR) is 448 cm³/mol. The minimum Gasteiger partial charge on any atom is -0.508 e. The minimum absolute atomic E-state index is 0.0429. The topological polar surface area (TPSA) is 578 Å². The van der Waals surface area contributed by atoms with Gasteiger partial charge in [0.1, 0.15) is 137 Å². The van der Waals surface area contributed by atoms with Crippen LogP contribution < -0.4 is 60.9 Å². The Morgan fingerprint density at radius 2 is 1.12 bits per heavy atom. The number of halogens is 2. The molecule has 15 rings (SSSR count). The normalized spacial score (nSPS) is 25.9. The fourth-order valence-corrected chi connectivity index (χ4v) is 16.2. The molecule has 7 aromatic rings. The fourth-order valence-electron chi connectivity index (χ4n) is 15.8. The summed E-state index contributed by atoms with van der Waals surface area (Å²) in [5.41, 5.74) is -4.70. The number of rotatable bonds is 19. The maximum atomic E-state index is 16.8. The molecule has 0 radical (unpaired) electrons. The standard InChI is InChI=1S/C88H98Cl2N8O30/c1-6-7-8-9-10-11-12-13-14-15-61(105)92-69-74(109)72(107)59(36-99)125-85(69)127-77-57-30-42-31-58(77)123-54-25-20-41(28-49(54)89)71(106)68-82(116)96-67(84(118)119)47-32-43(101)33-56(124-86-76(111)75(110)73(108)60(37-100)126-86)62(47)46-27-39(18-23-51(46)102)64(79(113)97-68)93-80(114)65(42)94-81(115)66-48-34-45(35-53(104)63(48)90)122-55-29-40(19-24-52(55)103)70(98(5)87(120)128-88(2,3)4)83(117)91-50(78(112)95-66)26-38-16-21-44(121-57)22-17-38/h16-25,27-35,50,59-60,64-76,85-86,99-104,106-111H,6-15,26,36-37H2,1-5H3,(H,91,117)(H,92,105)(H,93,114)(H,94,115)(H,95,112)(H,96,116)(H,97,113)(H,118,119)/t50-,59-,60-,64-,65-,66+,67+,68+,69-,70+,71-,72-,73-,74-,75+,76+,85+,86+/m1/s1. The molecule has 40 heteroatoms. The molecule has 0 aliphatic carbocycles. The summed E-state index contributed by atoms with van der Waals surface area (Å²) in [6.07, 6.45) is -13.6. The number of aliphatic carboxylic acids is 1. The van der Waals surface area contributed by atoms with E-state index in [0.29, 0.717) is 12.8 Å². The van der Waals surface area contributed by atoms with E-state index in [2.05, 4.69) is 44.1 Å². The van der Waals surface area contributed by atoms with Gasteiger partial charge in [0.15, 0.2) is 29.0 Å². The van der Waals surface area contributed by atoms with Crippen LogP contribution in [0.2, 0.25) is 10.0 Å². The van der Waals surface area contributed by atoms with Crippen molar-refractivity contribution in [2.24, 2.45) is 0 Å². The van der Waals surface area contributed by atoms with Crippen molar-refractivity contribution in [2.75, 3.05) is 20.3 Å². The van der Waals surface area contributed by atoms with Gasteiger partial charge in [-0.3, -0.25) is 38.5 Å². The summed E-state index contributed by atoms with van der Waals surface area (Å²) < 4.78 is 50.3. The van der Waals surface area contributed by atoms with E-state index in [1.165, 1.54) is 43.4 Å². The van der Waals surface area contributed by atoms with E-state index < -0.39 is 295 Å². The van der Waals surface area contributed by atoms with Crippen molar-refractivity contribution in [1.82, 2.24) is 42.1 Å². The van der Waals surface area contributed by atoms with Crippen molar-refractivity contribution in [3.63, 3.8) is 0 Å². The first-order valence-electron chi connectivity index (χ1n) is 41.3. The number of phenols is 4. The van der Waals surface area contributed by atoms with Gasteiger partial charge in [-0.15, -0.1) is 0 Å². The summed E-state index contributed by atoms with van der Waals surface area (Å²) >= 11 is 14.3. The van der Waals surface area contributed by atoms with Crippen molar-refractivity contribution in [2.45, 2.75) is 214 Å². The lowest BCUT2D eigenvalue weighted by molar-refractivity contribution is -0.277. The molecule has 17 bridgehead atoms. The Morgan fingerprint density at radius 3 is 1.79 bits per heavy atom. The Balaban J connectivity index is 1.03. The van der Waals surface area contributed by atoms with Gasteiger partial charge in [0.05, 0.1) is 23.3 Å². The number of nitrogens with one attached hydrogen (secondary N) is 7. The molecule has 20 N–H and O–H groups in total. The van der Waals surface area contributed by atoms with Crippen LogP contribution in [0, 0.1) is 0 Å². The minimum atomic E-state index is -2.47. The van der Waals surface area contributed by atoms with Crippen molar-refractivity contribution in [3.8, 4) is 80.1 Å². The molecule has 18 atom stereocenters. The molecule has 8 heterocycles. The average molecular weight is 1820 g/mol. The lowest BCUT2D eigenvalue weighted by Gasteiger charge is -2.42. The molecule has 2 saturated heterocycles. The Bertz CT molecular complexity index is 5370. The quantitative estimate of drug-likeness (QED) is 0.0420. The first kappa shape index (κ1) is 93.6. The molecule has 0 saturated carbocycles. The smallest absolute Gasteiger partial charge is 0.410 e. The third-order valence-electron chi connectivity index (χ3n) is 22.5. The van der Waals surface area contributed by atoms with E-state index in [1.807, 2.05) is 0 Å². The number of aliphatic hydroxyl groups excluding tert-OH is 8. The van der Waals surface area contributed by atoms with E-state index in [1.54, 1.807) is 20.8 Å². The van der Waals surface area contributed by atoms with E-state index in [9.17, 15) is 80.8 Å². The number of hydrogen-bond donors (Lipinski definition) is 20. The van der Waals surface area contributed by atoms with Gasteiger partial charge in [0.25, 0.3) is 0 Å². The number of unbranched alkanes of at least 4 members (excludes halogenated alkanes) is 8. The van der Waals surface area contributed by atoms with Gasteiger partial charge in [-0.1, -0.05) is 112 Å². The number of carbonyl (C=O) groups is 9. The van der Waals surface area contributed by atoms with E-state index in [4.69, 9.17) is 61.1 Å². The second kappa shape index (κ2) is 39.7. The van der Waals surface area contributed by atoms with Crippen molar-refractivity contribution < 1.29 is 147 Å². The number of hydrogen-bond acceptors (Lipinski definition) is 29. The van der Waals surface area contributed by atoms with Gasteiger partial charge in [0.2, 0.25) is 59.7 Å². The summed E-state index contributed by atoms with van der Waals surface area (Å²) in [6, 6.07) is 3.73. The van der Waals surface area contributed by atoms with Crippen LogP contribution in [0.1, 0.15) is 167 Å². The molecule has 38 nitrogen and oxygen atoms in total. The van der Waals surface area contributed by atoms with Gasteiger partial charge in [-0.2, -0.15) is 0 Å². The predicted octanol–water partition coefficient (Wildman–Crippen LogP) is 5.88. The van der Waals surface area contributed by atoms with E-state index in [-0.39, 0.29) is 28.9 Å². The Hall–Kier alpha value is -12.1. The Labute approximate surface area is 740 Å². The molecule has 7 aromatic carbocycles. The number of aliphatic hydroxyl groups is 8. The number of carbonyl (C=O) groups excluding carboxylic acids is 8. The summed E-state index contributed by atoms with van der Waals surface area (Å²) in [5.74, 6) is -18.0. The van der Waals surface area contributed by atoms with Gasteiger partial charge in [0, 0.05) is 54.3 Å². The second-order valence-electron chi connectivity index (χ2n) is 32.8. The maximum Gasteiger partial charge on any atom is 0.410 e. The van der Waals surface area contributed by atoms with Crippen LogP contribution in [0.3, 0.4) is 0 Å². The highest BCUT2D eigenvalue weighted by Gasteiger charge is 2.50. The first-order chi connectivity index (χ1) is 60.9. The zero-order valence-corrected chi connectivity index (χ0v) is 71.0. The van der Waals surface area contributed by atoms with Crippen molar-refractivity contribution in [3.05, 3.63) is 164 Å².